The SMILES string of the molecule is CNC(=O)c1cnn(-c2ccc([N+](=O)[O-])cc2)c1Br. The number of amides is 1. The summed E-state index contributed by atoms with van der Waals surface area (Å²) in [6.07, 6.45) is 1.42. The van der Waals surface area contributed by atoms with E-state index in [0.29, 0.717) is 15.9 Å². The highest BCUT2D eigenvalue weighted by atomic mass is 79.9. The Morgan fingerprint density at radius 1 is 1.42 bits per heavy atom. The number of rotatable bonds is 3. The van der Waals surface area contributed by atoms with E-state index in [1.165, 1.54) is 30.1 Å². The molecule has 1 heterocycles. The van der Waals surface area contributed by atoms with Gasteiger partial charge in [0, 0.05) is 19.2 Å². The smallest absolute Gasteiger partial charge is 0.269 e. The van der Waals surface area contributed by atoms with Crippen molar-refractivity contribution >= 4 is 27.5 Å². The minimum atomic E-state index is -0.474. The minimum Gasteiger partial charge on any atom is -0.355 e. The summed E-state index contributed by atoms with van der Waals surface area (Å²) in [5.41, 5.74) is 1.01. The number of nitrogens with one attached hydrogen (secondary N) is 1. The van der Waals surface area contributed by atoms with Crippen molar-refractivity contribution in [1.82, 2.24) is 15.1 Å². The Balaban J connectivity index is 2.40. The molecule has 1 aromatic heterocycles. The molecule has 1 N–H and O–H groups in total. The molecule has 0 radical (unpaired) electrons. The van der Waals surface area contributed by atoms with Crippen LogP contribution in [-0.4, -0.2) is 27.7 Å². The van der Waals surface area contributed by atoms with E-state index in [-0.39, 0.29) is 11.6 Å². The average molecular weight is 325 g/mol. The van der Waals surface area contributed by atoms with Crippen molar-refractivity contribution in [2.45, 2.75) is 0 Å². The fourth-order valence-electron chi connectivity index (χ4n) is 1.52. The van der Waals surface area contributed by atoms with E-state index >= 15 is 0 Å². The molecule has 0 aliphatic rings. The van der Waals surface area contributed by atoms with Crippen molar-refractivity contribution in [3.05, 3.63) is 50.7 Å². The number of nitro benzene ring substituents is 1. The quantitative estimate of drug-likeness (QED) is 0.689. The van der Waals surface area contributed by atoms with Crippen LogP contribution in [0.3, 0.4) is 0 Å². The molecule has 0 saturated carbocycles. The molecular formula is C11H9BrN4O3. The fourth-order valence-corrected chi connectivity index (χ4v) is 2.09. The molecule has 19 heavy (non-hydrogen) atoms. The van der Waals surface area contributed by atoms with Crippen LogP contribution in [0.1, 0.15) is 10.4 Å². The van der Waals surface area contributed by atoms with Gasteiger partial charge in [0.15, 0.2) is 0 Å². The minimum absolute atomic E-state index is 0.00134. The first-order chi connectivity index (χ1) is 9.04. The summed E-state index contributed by atoms with van der Waals surface area (Å²) in [7, 11) is 1.53. The van der Waals surface area contributed by atoms with Gasteiger partial charge in [-0.2, -0.15) is 5.10 Å². The van der Waals surface area contributed by atoms with Gasteiger partial charge in [0.1, 0.15) is 4.60 Å². The first kappa shape index (κ1) is 13.2. The maximum Gasteiger partial charge on any atom is 0.269 e. The summed E-state index contributed by atoms with van der Waals surface area (Å²) in [6.45, 7) is 0. The van der Waals surface area contributed by atoms with E-state index in [9.17, 15) is 14.9 Å². The number of nitro groups is 1. The Hall–Kier alpha value is -2.22. The average Bonchev–Trinajstić information content (AvgIpc) is 2.80. The lowest BCUT2D eigenvalue weighted by Crippen LogP contribution is -2.17. The van der Waals surface area contributed by atoms with Crippen LogP contribution in [0.4, 0.5) is 5.69 Å². The number of nitrogens with zero attached hydrogens (tertiary/aromatic N) is 3. The lowest BCUT2D eigenvalue weighted by molar-refractivity contribution is -0.384. The van der Waals surface area contributed by atoms with E-state index in [2.05, 4.69) is 26.3 Å². The maximum absolute atomic E-state index is 11.5. The topological polar surface area (TPSA) is 90.1 Å². The van der Waals surface area contributed by atoms with Gasteiger partial charge in [-0.05, 0) is 28.1 Å². The molecule has 0 saturated heterocycles. The van der Waals surface area contributed by atoms with Crippen LogP contribution in [0.5, 0.6) is 0 Å². The van der Waals surface area contributed by atoms with Crippen LogP contribution in [0.25, 0.3) is 5.69 Å². The van der Waals surface area contributed by atoms with Crippen molar-refractivity contribution in [1.29, 1.82) is 0 Å². The third kappa shape index (κ3) is 2.48. The molecule has 7 nitrogen and oxygen atoms in total. The molecule has 98 valence electrons. The number of non-ortho nitro benzene ring substituents is 1. The second-order valence-corrected chi connectivity index (χ2v) is 4.36. The Bertz CT molecular complexity index is 636. The van der Waals surface area contributed by atoms with E-state index in [1.807, 2.05) is 0 Å². The van der Waals surface area contributed by atoms with Crippen LogP contribution in [0.2, 0.25) is 0 Å². The van der Waals surface area contributed by atoms with E-state index in [0.717, 1.165) is 0 Å². The largest absolute Gasteiger partial charge is 0.355 e. The molecule has 2 aromatic rings. The highest BCUT2D eigenvalue weighted by molar-refractivity contribution is 9.10. The molecule has 0 bridgehead atoms. The van der Waals surface area contributed by atoms with Gasteiger partial charge in [0.25, 0.3) is 11.6 Å². The van der Waals surface area contributed by atoms with Crippen molar-refractivity contribution in [2.24, 2.45) is 0 Å². The van der Waals surface area contributed by atoms with E-state index in [4.69, 9.17) is 0 Å². The molecule has 0 aliphatic heterocycles. The second kappa shape index (κ2) is 5.19. The van der Waals surface area contributed by atoms with Crippen molar-refractivity contribution < 1.29 is 9.72 Å². The van der Waals surface area contributed by atoms with Gasteiger partial charge >= 0.3 is 0 Å². The Kier molecular flexibility index (Phi) is 3.61. The summed E-state index contributed by atoms with van der Waals surface area (Å²) in [5, 5.41) is 17.1. The second-order valence-electron chi connectivity index (χ2n) is 3.61. The summed E-state index contributed by atoms with van der Waals surface area (Å²) in [4.78, 5) is 21.6. The lowest BCUT2D eigenvalue weighted by Gasteiger charge is -2.03. The van der Waals surface area contributed by atoms with E-state index in [1.54, 1.807) is 12.1 Å². The number of hydrogen-bond acceptors (Lipinski definition) is 4. The van der Waals surface area contributed by atoms with Crippen molar-refractivity contribution in [3.63, 3.8) is 0 Å². The zero-order valence-corrected chi connectivity index (χ0v) is 11.4. The van der Waals surface area contributed by atoms with Gasteiger partial charge in [-0.15, -0.1) is 0 Å². The number of aromatic nitrogens is 2. The third-order valence-corrected chi connectivity index (χ3v) is 3.25. The zero-order valence-electron chi connectivity index (χ0n) is 9.83. The van der Waals surface area contributed by atoms with Crippen LogP contribution in [0.15, 0.2) is 35.1 Å². The van der Waals surface area contributed by atoms with Gasteiger partial charge in [-0.1, -0.05) is 0 Å². The molecule has 0 aliphatic carbocycles. The van der Waals surface area contributed by atoms with Gasteiger partial charge < -0.3 is 5.32 Å². The lowest BCUT2D eigenvalue weighted by atomic mass is 10.3. The number of halogens is 1. The normalized spacial score (nSPS) is 10.2. The summed E-state index contributed by atoms with van der Waals surface area (Å²) in [6, 6.07) is 5.87. The van der Waals surface area contributed by atoms with Gasteiger partial charge in [-0.25, -0.2) is 4.68 Å². The van der Waals surface area contributed by atoms with Gasteiger partial charge in [0.2, 0.25) is 0 Å². The van der Waals surface area contributed by atoms with Gasteiger partial charge in [-0.3, -0.25) is 14.9 Å². The Morgan fingerprint density at radius 2 is 2.05 bits per heavy atom. The van der Waals surface area contributed by atoms with E-state index < -0.39 is 4.92 Å². The molecule has 0 spiro atoms. The van der Waals surface area contributed by atoms with Crippen molar-refractivity contribution in [3.8, 4) is 5.69 Å². The number of hydrogen-bond donors (Lipinski definition) is 1. The molecule has 0 fully saturated rings. The molecule has 8 heteroatoms. The maximum atomic E-state index is 11.5. The standard InChI is InChI=1S/C11H9BrN4O3/c1-13-11(17)9-6-14-15(10(9)12)7-2-4-8(5-3-7)16(18)19/h2-6H,1H3,(H,13,17). The molecule has 2 rings (SSSR count). The number of carbonyl (C=O) groups is 1. The molecule has 1 amide bonds. The van der Waals surface area contributed by atoms with Crippen LogP contribution < -0.4 is 5.32 Å². The fraction of sp³-hybridized carbons (Fsp3) is 0.0909. The highest BCUT2D eigenvalue weighted by Gasteiger charge is 2.15. The summed E-state index contributed by atoms with van der Waals surface area (Å²) < 4.78 is 1.97. The van der Waals surface area contributed by atoms with Crippen molar-refractivity contribution in [2.75, 3.05) is 7.05 Å². The van der Waals surface area contributed by atoms with Crippen LogP contribution in [0, 0.1) is 10.1 Å². The molecular weight excluding hydrogens is 316 g/mol. The first-order valence-corrected chi connectivity index (χ1v) is 6.04. The molecule has 1 aromatic carbocycles. The molecule has 0 atom stereocenters. The van der Waals surface area contributed by atoms with Crippen LogP contribution >= 0.6 is 15.9 Å². The summed E-state index contributed by atoms with van der Waals surface area (Å²) in [5.74, 6) is -0.264. The Morgan fingerprint density at radius 3 is 2.58 bits per heavy atom. The predicted molar refractivity (Wildman–Crippen MR) is 71.3 cm³/mol. The monoisotopic (exact) mass is 324 g/mol. The van der Waals surface area contributed by atoms with Gasteiger partial charge in [0.05, 0.1) is 22.4 Å². The number of benzene rings is 1. The summed E-state index contributed by atoms with van der Waals surface area (Å²) >= 11 is 3.28. The predicted octanol–water partition coefficient (Wildman–Crippen LogP) is 1.90. The number of carbonyl (C=O) groups excluding carboxylic acids is 1. The molecule has 0 unspecified atom stereocenters. The van der Waals surface area contributed by atoms with Crippen LogP contribution in [-0.2, 0) is 0 Å². The zero-order chi connectivity index (χ0) is 14.0. The third-order valence-electron chi connectivity index (χ3n) is 2.49. The first-order valence-electron chi connectivity index (χ1n) is 5.25. The highest BCUT2D eigenvalue weighted by Crippen LogP contribution is 2.22. The Labute approximate surface area is 116 Å².